The lowest BCUT2D eigenvalue weighted by atomic mass is 10.2. The molecule has 18 heavy (non-hydrogen) atoms. The number of tetrazole rings is 1. The SMILES string of the molecule is CCNC(C)c1nnnn1CCCCC(F)(F)F. The van der Waals surface area contributed by atoms with Crippen LogP contribution in [0.25, 0.3) is 0 Å². The molecule has 1 unspecified atom stereocenters. The van der Waals surface area contributed by atoms with Crippen LogP contribution in [0.15, 0.2) is 0 Å². The molecule has 0 saturated heterocycles. The van der Waals surface area contributed by atoms with Gasteiger partial charge in [-0.15, -0.1) is 5.10 Å². The fraction of sp³-hybridized carbons (Fsp3) is 0.900. The van der Waals surface area contributed by atoms with Gasteiger partial charge in [-0.3, -0.25) is 0 Å². The number of rotatable bonds is 7. The molecular weight excluding hydrogens is 247 g/mol. The van der Waals surface area contributed by atoms with E-state index in [1.54, 1.807) is 4.68 Å². The van der Waals surface area contributed by atoms with E-state index in [0.717, 1.165) is 6.54 Å². The van der Waals surface area contributed by atoms with E-state index in [1.807, 2.05) is 13.8 Å². The molecule has 1 heterocycles. The molecule has 0 bridgehead atoms. The topological polar surface area (TPSA) is 55.6 Å². The number of hydrogen-bond acceptors (Lipinski definition) is 4. The molecule has 1 rings (SSSR count). The average Bonchev–Trinajstić information content (AvgIpc) is 2.71. The van der Waals surface area contributed by atoms with Crippen molar-refractivity contribution in [2.75, 3.05) is 6.54 Å². The van der Waals surface area contributed by atoms with E-state index in [9.17, 15) is 13.2 Å². The van der Waals surface area contributed by atoms with Crippen LogP contribution in [0.2, 0.25) is 0 Å². The summed E-state index contributed by atoms with van der Waals surface area (Å²) in [6.45, 7) is 5.08. The van der Waals surface area contributed by atoms with Crippen LogP contribution in [0.5, 0.6) is 0 Å². The minimum Gasteiger partial charge on any atom is -0.308 e. The van der Waals surface area contributed by atoms with Crippen LogP contribution < -0.4 is 5.32 Å². The van der Waals surface area contributed by atoms with Crippen LogP contribution in [0.4, 0.5) is 13.2 Å². The minimum absolute atomic E-state index is 0.00684. The Labute approximate surface area is 104 Å². The molecular formula is C10H18F3N5. The second-order valence-corrected chi connectivity index (χ2v) is 4.11. The predicted molar refractivity (Wildman–Crippen MR) is 59.8 cm³/mol. The van der Waals surface area contributed by atoms with Gasteiger partial charge >= 0.3 is 6.18 Å². The molecule has 8 heteroatoms. The van der Waals surface area contributed by atoms with Gasteiger partial charge in [0.05, 0.1) is 6.04 Å². The molecule has 0 saturated carbocycles. The van der Waals surface area contributed by atoms with Crippen molar-refractivity contribution in [1.29, 1.82) is 0 Å². The molecule has 0 spiro atoms. The molecule has 0 fully saturated rings. The van der Waals surface area contributed by atoms with Crippen molar-refractivity contribution < 1.29 is 13.2 Å². The van der Waals surface area contributed by atoms with Crippen LogP contribution in [0, 0.1) is 0 Å². The van der Waals surface area contributed by atoms with Crippen LogP contribution in [0.1, 0.15) is 45.0 Å². The summed E-state index contributed by atoms with van der Waals surface area (Å²) in [4.78, 5) is 0. The Hall–Kier alpha value is -1.18. The summed E-state index contributed by atoms with van der Waals surface area (Å²) in [5.74, 6) is 0.656. The summed E-state index contributed by atoms with van der Waals surface area (Å²) in [7, 11) is 0. The Morgan fingerprint density at radius 1 is 1.33 bits per heavy atom. The molecule has 5 nitrogen and oxygen atoms in total. The monoisotopic (exact) mass is 265 g/mol. The number of nitrogens with one attached hydrogen (secondary N) is 1. The van der Waals surface area contributed by atoms with E-state index >= 15 is 0 Å². The number of aryl methyl sites for hydroxylation is 1. The van der Waals surface area contributed by atoms with E-state index in [4.69, 9.17) is 0 Å². The number of aromatic nitrogens is 4. The third-order valence-corrected chi connectivity index (χ3v) is 2.54. The number of hydrogen-bond donors (Lipinski definition) is 1. The first-order valence-corrected chi connectivity index (χ1v) is 6.00. The van der Waals surface area contributed by atoms with Gasteiger partial charge in [0.2, 0.25) is 0 Å². The Kier molecular flexibility index (Phi) is 5.52. The van der Waals surface area contributed by atoms with Crippen molar-refractivity contribution in [3.8, 4) is 0 Å². The molecule has 1 aromatic rings. The van der Waals surface area contributed by atoms with Crippen molar-refractivity contribution >= 4 is 0 Å². The maximum absolute atomic E-state index is 12.0. The lowest BCUT2D eigenvalue weighted by Gasteiger charge is -2.12. The Morgan fingerprint density at radius 3 is 2.67 bits per heavy atom. The summed E-state index contributed by atoms with van der Waals surface area (Å²) in [5, 5.41) is 14.4. The van der Waals surface area contributed by atoms with Crippen molar-refractivity contribution in [1.82, 2.24) is 25.5 Å². The van der Waals surface area contributed by atoms with Crippen LogP contribution in [-0.2, 0) is 6.54 Å². The predicted octanol–water partition coefficient (Wildman–Crippen LogP) is 2.08. The van der Waals surface area contributed by atoms with Crippen LogP contribution in [0.3, 0.4) is 0 Å². The molecule has 0 aliphatic carbocycles. The van der Waals surface area contributed by atoms with Gasteiger partial charge in [0.1, 0.15) is 0 Å². The first-order chi connectivity index (χ1) is 8.44. The fourth-order valence-electron chi connectivity index (χ4n) is 1.67. The lowest BCUT2D eigenvalue weighted by molar-refractivity contribution is -0.135. The van der Waals surface area contributed by atoms with E-state index < -0.39 is 12.6 Å². The number of alkyl halides is 3. The van der Waals surface area contributed by atoms with Gasteiger partial charge in [0.15, 0.2) is 5.82 Å². The normalized spacial score (nSPS) is 13.8. The van der Waals surface area contributed by atoms with Gasteiger partial charge in [-0.2, -0.15) is 13.2 Å². The lowest BCUT2D eigenvalue weighted by Crippen LogP contribution is -2.22. The highest BCUT2D eigenvalue weighted by Crippen LogP contribution is 2.22. The molecule has 0 aromatic carbocycles. The first kappa shape index (κ1) is 14.9. The van der Waals surface area contributed by atoms with E-state index in [-0.39, 0.29) is 12.5 Å². The maximum Gasteiger partial charge on any atom is 0.389 e. The van der Waals surface area contributed by atoms with Gasteiger partial charge in [-0.1, -0.05) is 6.92 Å². The zero-order valence-corrected chi connectivity index (χ0v) is 10.5. The van der Waals surface area contributed by atoms with Crippen molar-refractivity contribution in [2.45, 2.75) is 51.9 Å². The molecule has 0 aliphatic rings. The van der Waals surface area contributed by atoms with Gasteiger partial charge in [-0.25, -0.2) is 4.68 Å². The largest absolute Gasteiger partial charge is 0.389 e. The average molecular weight is 265 g/mol. The summed E-state index contributed by atoms with van der Waals surface area (Å²) in [5.41, 5.74) is 0. The molecule has 1 N–H and O–H groups in total. The highest BCUT2D eigenvalue weighted by molar-refractivity contribution is 4.89. The zero-order valence-electron chi connectivity index (χ0n) is 10.5. The fourth-order valence-corrected chi connectivity index (χ4v) is 1.67. The van der Waals surface area contributed by atoms with Gasteiger partial charge in [0.25, 0.3) is 0 Å². The molecule has 0 aliphatic heterocycles. The molecule has 1 atom stereocenters. The summed E-state index contributed by atoms with van der Waals surface area (Å²) >= 11 is 0. The summed E-state index contributed by atoms with van der Waals surface area (Å²) in [6.07, 6.45) is -4.33. The molecule has 0 amide bonds. The Bertz CT molecular complexity index is 350. The first-order valence-electron chi connectivity index (χ1n) is 6.00. The summed E-state index contributed by atoms with van der Waals surface area (Å²) in [6, 6.07) is -0.00684. The van der Waals surface area contributed by atoms with Gasteiger partial charge < -0.3 is 5.32 Å². The van der Waals surface area contributed by atoms with Gasteiger partial charge in [0, 0.05) is 13.0 Å². The highest BCUT2D eigenvalue weighted by atomic mass is 19.4. The standard InChI is InChI=1S/C10H18F3N5/c1-3-14-8(2)9-15-16-17-18(9)7-5-4-6-10(11,12)13/h8,14H,3-7H2,1-2H3. The number of nitrogens with zero attached hydrogens (tertiary/aromatic N) is 4. The van der Waals surface area contributed by atoms with Crippen molar-refractivity contribution in [3.63, 3.8) is 0 Å². The third kappa shape index (κ3) is 4.99. The molecule has 104 valence electrons. The Morgan fingerprint density at radius 2 is 2.06 bits per heavy atom. The minimum atomic E-state index is -4.08. The van der Waals surface area contributed by atoms with Crippen molar-refractivity contribution in [2.24, 2.45) is 0 Å². The van der Waals surface area contributed by atoms with Crippen LogP contribution in [-0.4, -0.2) is 32.9 Å². The third-order valence-electron chi connectivity index (χ3n) is 2.54. The summed E-state index contributed by atoms with van der Waals surface area (Å²) < 4.78 is 37.5. The molecule has 1 aromatic heterocycles. The number of unbranched alkanes of at least 4 members (excludes halogenated alkanes) is 1. The van der Waals surface area contributed by atoms with Gasteiger partial charge in [-0.05, 0) is 36.7 Å². The van der Waals surface area contributed by atoms with E-state index in [1.165, 1.54) is 0 Å². The van der Waals surface area contributed by atoms with Crippen molar-refractivity contribution in [3.05, 3.63) is 5.82 Å². The van der Waals surface area contributed by atoms with E-state index in [2.05, 4.69) is 20.8 Å². The highest BCUT2D eigenvalue weighted by Gasteiger charge is 2.26. The quantitative estimate of drug-likeness (QED) is 0.767. The maximum atomic E-state index is 12.0. The molecule has 0 radical (unpaired) electrons. The second-order valence-electron chi connectivity index (χ2n) is 4.11. The van der Waals surface area contributed by atoms with E-state index in [0.29, 0.717) is 18.8 Å². The number of halogens is 3. The second kappa shape index (κ2) is 6.67. The Balaban J connectivity index is 2.41. The zero-order chi connectivity index (χ0) is 13.6. The smallest absolute Gasteiger partial charge is 0.308 e. The van der Waals surface area contributed by atoms with Crippen LogP contribution >= 0.6 is 0 Å².